The van der Waals surface area contributed by atoms with E-state index in [0.717, 1.165) is 51.6 Å². The fourth-order valence-corrected chi connectivity index (χ4v) is 3.37. The first kappa shape index (κ1) is 16.6. The predicted molar refractivity (Wildman–Crippen MR) is 80.8 cm³/mol. The first-order chi connectivity index (χ1) is 10.7. The van der Waals surface area contributed by atoms with E-state index in [1.165, 1.54) is 6.42 Å². The van der Waals surface area contributed by atoms with Gasteiger partial charge in [0.05, 0.1) is 12.0 Å². The van der Waals surface area contributed by atoms with Gasteiger partial charge >= 0.3 is 6.09 Å². The third-order valence-electron chi connectivity index (χ3n) is 4.65. The van der Waals surface area contributed by atoms with Gasteiger partial charge in [-0.1, -0.05) is 19.3 Å². The lowest BCUT2D eigenvalue weighted by Crippen LogP contribution is -2.40. The molecule has 0 spiro atoms. The standard InChI is InChI=1S/C16H25N3O3/c17-8-9-18-15(20)14(13-6-2-1-3-7-13)12-22-16(21)19-10-4-5-11-19/h13-14H,1-7,9-12H2,(H,18,20). The first-order valence-corrected chi connectivity index (χ1v) is 8.28. The van der Waals surface area contributed by atoms with Crippen LogP contribution in [0.2, 0.25) is 0 Å². The highest BCUT2D eigenvalue weighted by atomic mass is 16.6. The Kier molecular flexibility index (Phi) is 6.50. The molecular weight excluding hydrogens is 282 g/mol. The Morgan fingerprint density at radius 3 is 2.50 bits per heavy atom. The molecule has 2 aliphatic rings. The van der Waals surface area contributed by atoms with Crippen LogP contribution >= 0.6 is 0 Å². The number of carbonyl (C=O) groups excluding carboxylic acids is 2. The molecule has 0 aromatic rings. The van der Waals surface area contributed by atoms with E-state index in [0.29, 0.717) is 0 Å². The minimum absolute atomic E-state index is 0.00211. The molecule has 2 fully saturated rings. The van der Waals surface area contributed by atoms with Gasteiger partial charge in [-0.2, -0.15) is 5.26 Å². The molecule has 22 heavy (non-hydrogen) atoms. The van der Waals surface area contributed by atoms with E-state index >= 15 is 0 Å². The zero-order valence-electron chi connectivity index (χ0n) is 13.1. The van der Waals surface area contributed by atoms with Crippen LogP contribution in [0, 0.1) is 23.2 Å². The molecule has 0 bridgehead atoms. The van der Waals surface area contributed by atoms with Crippen LogP contribution in [0.1, 0.15) is 44.9 Å². The van der Waals surface area contributed by atoms with E-state index in [1.54, 1.807) is 4.90 Å². The highest BCUT2D eigenvalue weighted by Gasteiger charge is 2.31. The zero-order chi connectivity index (χ0) is 15.8. The molecule has 1 N–H and O–H groups in total. The van der Waals surface area contributed by atoms with Crippen molar-refractivity contribution in [3.63, 3.8) is 0 Å². The molecule has 2 rings (SSSR count). The van der Waals surface area contributed by atoms with Gasteiger partial charge < -0.3 is 15.0 Å². The van der Waals surface area contributed by atoms with Crippen LogP contribution in [0.15, 0.2) is 0 Å². The molecule has 0 aromatic heterocycles. The SMILES string of the molecule is N#CCNC(=O)C(COC(=O)N1CCCC1)C1CCCCC1. The Labute approximate surface area is 131 Å². The van der Waals surface area contributed by atoms with Crippen molar-refractivity contribution in [2.75, 3.05) is 26.2 Å². The van der Waals surface area contributed by atoms with Gasteiger partial charge in [0.1, 0.15) is 13.2 Å². The summed E-state index contributed by atoms with van der Waals surface area (Å²) in [5.41, 5.74) is 0. The molecule has 1 unspecified atom stereocenters. The normalized spacial score (nSPS) is 20.2. The van der Waals surface area contributed by atoms with Crippen molar-refractivity contribution in [2.45, 2.75) is 44.9 Å². The molecule has 6 heteroatoms. The Morgan fingerprint density at radius 2 is 1.86 bits per heavy atom. The second kappa shape index (κ2) is 8.62. The lowest BCUT2D eigenvalue weighted by atomic mass is 9.80. The maximum atomic E-state index is 12.3. The van der Waals surface area contributed by atoms with Gasteiger partial charge in [-0.3, -0.25) is 4.79 Å². The molecule has 0 aromatic carbocycles. The van der Waals surface area contributed by atoms with Crippen molar-refractivity contribution in [1.29, 1.82) is 5.26 Å². The molecular formula is C16H25N3O3. The molecule has 1 atom stereocenters. The minimum Gasteiger partial charge on any atom is -0.449 e. The molecule has 122 valence electrons. The summed E-state index contributed by atoms with van der Waals surface area (Å²) in [6, 6.07) is 1.92. The number of rotatable bonds is 5. The summed E-state index contributed by atoms with van der Waals surface area (Å²) in [5, 5.41) is 11.2. The van der Waals surface area contributed by atoms with E-state index in [4.69, 9.17) is 10.00 Å². The number of hydrogen-bond donors (Lipinski definition) is 1. The Morgan fingerprint density at radius 1 is 1.18 bits per heavy atom. The van der Waals surface area contributed by atoms with Gasteiger partial charge in [0.2, 0.25) is 5.91 Å². The van der Waals surface area contributed by atoms with E-state index in [9.17, 15) is 9.59 Å². The lowest BCUT2D eigenvalue weighted by Gasteiger charge is -2.29. The van der Waals surface area contributed by atoms with Gasteiger partial charge in [0, 0.05) is 13.1 Å². The summed E-state index contributed by atoms with van der Waals surface area (Å²) in [4.78, 5) is 26.0. The van der Waals surface area contributed by atoms with Crippen LogP contribution in [0.25, 0.3) is 0 Å². The van der Waals surface area contributed by atoms with Crippen LogP contribution in [-0.2, 0) is 9.53 Å². The monoisotopic (exact) mass is 307 g/mol. The number of nitriles is 1. The molecule has 1 heterocycles. The van der Waals surface area contributed by atoms with Crippen molar-refractivity contribution in [2.24, 2.45) is 11.8 Å². The maximum Gasteiger partial charge on any atom is 0.409 e. The van der Waals surface area contributed by atoms with Crippen LogP contribution in [-0.4, -0.2) is 43.1 Å². The number of amides is 2. The second-order valence-corrected chi connectivity index (χ2v) is 6.15. The van der Waals surface area contributed by atoms with Crippen molar-refractivity contribution in [1.82, 2.24) is 10.2 Å². The lowest BCUT2D eigenvalue weighted by molar-refractivity contribution is -0.128. The van der Waals surface area contributed by atoms with Gasteiger partial charge in [-0.25, -0.2) is 4.79 Å². The summed E-state index contributed by atoms with van der Waals surface area (Å²) in [7, 11) is 0. The number of ether oxygens (including phenoxy) is 1. The second-order valence-electron chi connectivity index (χ2n) is 6.15. The third-order valence-corrected chi connectivity index (χ3v) is 4.65. The summed E-state index contributed by atoms with van der Waals surface area (Å²) >= 11 is 0. The van der Waals surface area contributed by atoms with Crippen LogP contribution in [0.4, 0.5) is 4.79 Å². The van der Waals surface area contributed by atoms with E-state index < -0.39 is 0 Å². The number of nitrogens with one attached hydrogen (secondary N) is 1. The quantitative estimate of drug-likeness (QED) is 0.788. The molecule has 0 radical (unpaired) electrons. The van der Waals surface area contributed by atoms with Gasteiger partial charge in [-0.15, -0.1) is 0 Å². The van der Waals surface area contributed by atoms with Gasteiger partial charge in [0.25, 0.3) is 0 Å². The van der Waals surface area contributed by atoms with E-state index in [-0.39, 0.29) is 37.0 Å². The number of nitrogens with zero attached hydrogens (tertiary/aromatic N) is 2. The molecule has 1 saturated carbocycles. The highest BCUT2D eigenvalue weighted by molar-refractivity contribution is 5.79. The smallest absolute Gasteiger partial charge is 0.409 e. The van der Waals surface area contributed by atoms with Crippen molar-refractivity contribution in [3.8, 4) is 6.07 Å². The van der Waals surface area contributed by atoms with Gasteiger partial charge in [0.15, 0.2) is 0 Å². The van der Waals surface area contributed by atoms with Crippen LogP contribution < -0.4 is 5.32 Å². The first-order valence-electron chi connectivity index (χ1n) is 8.28. The predicted octanol–water partition coefficient (Wildman–Crippen LogP) is 2.06. The van der Waals surface area contributed by atoms with E-state index in [1.807, 2.05) is 6.07 Å². The fraction of sp³-hybridized carbons (Fsp3) is 0.812. The zero-order valence-corrected chi connectivity index (χ0v) is 13.1. The van der Waals surface area contributed by atoms with Gasteiger partial charge in [-0.05, 0) is 31.6 Å². The van der Waals surface area contributed by atoms with Crippen molar-refractivity contribution >= 4 is 12.0 Å². The molecule has 1 saturated heterocycles. The largest absolute Gasteiger partial charge is 0.449 e. The molecule has 2 amide bonds. The number of hydrogen-bond acceptors (Lipinski definition) is 4. The molecule has 1 aliphatic heterocycles. The van der Waals surface area contributed by atoms with Crippen LogP contribution in [0.3, 0.4) is 0 Å². The Hall–Kier alpha value is -1.77. The summed E-state index contributed by atoms with van der Waals surface area (Å²) < 4.78 is 5.39. The Bertz CT molecular complexity index is 421. The summed E-state index contributed by atoms with van der Waals surface area (Å²) in [6.45, 7) is 1.61. The number of likely N-dealkylation sites (tertiary alicyclic amines) is 1. The third kappa shape index (κ3) is 4.62. The topological polar surface area (TPSA) is 82.4 Å². The Balaban J connectivity index is 1.89. The summed E-state index contributed by atoms with van der Waals surface area (Å²) in [5.74, 6) is -0.248. The fourth-order valence-electron chi connectivity index (χ4n) is 3.37. The highest BCUT2D eigenvalue weighted by Crippen LogP contribution is 2.30. The van der Waals surface area contributed by atoms with Crippen molar-refractivity contribution < 1.29 is 14.3 Å². The van der Waals surface area contributed by atoms with Crippen LogP contribution in [0.5, 0.6) is 0 Å². The number of carbonyl (C=O) groups is 2. The summed E-state index contributed by atoms with van der Waals surface area (Å²) in [6.07, 6.45) is 7.15. The maximum absolute atomic E-state index is 12.3. The van der Waals surface area contributed by atoms with Crippen molar-refractivity contribution in [3.05, 3.63) is 0 Å². The average Bonchev–Trinajstić information content (AvgIpc) is 3.08. The average molecular weight is 307 g/mol. The van der Waals surface area contributed by atoms with E-state index in [2.05, 4.69) is 5.32 Å². The molecule has 6 nitrogen and oxygen atoms in total. The minimum atomic E-state index is -0.333. The molecule has 1 aliphatic carbocycles.